The van der Waals surface area contributed by atoms with Crippen LogP contribution >= 0.6 is 0 Å². The average Bonchev–Trinajstić information content (AvgIpc) is 2.30. The lowest BCUT2D eigenvalue weighted by molar-refractivity contribution is 0.0632. The van der Waals surface area contributed by atoms with Crippen molar-refractivity contribution in [1.82, 2.24) is 0 Å². The molecule has 0 aromatic heterocycles. The Morgan fingerprint density at radius 1 is 1.19 bits per heavy atom. The summed E-state index contributed by atoms with van der Waals surface area (Å²) in [5.41, 5.74) is 6.89. The summed E-state index contributed by atoms with van der Waals surface area (Å²) in [7, 11) is 0. The van der Waals surface area contributed by atoms with Crippen molar-refractivity contribution in [2.75, 3.05) is 13.2 Å². The van der Waals surface area contributed by atoms with Gasteiger partial charge in [-0.25, -0.2) is 0 Å². The third kappa shape index (κ3) is 5.29. The minimum absolute atomic E-state index is 0.184. The van der Waals surface area contributed by atoms with Crippen LogP contribution in [0.3, 0.4) is 0 Å². The van der Waals surface area contributed by atoms with Crippen LogP contribution in [0, 0.1) is 5.92 Å². The number of rotatable bonds is 7. The molecule has 2 unspecified atom stereocenters. The van der Waals surface area contributed by atoms with Gasteiger partial charge in [-0.05, 0) is 31.2 Å². The molecule has 0 aliphatic carbocycles. The molecule has 16 heavy (non-hydrogen) atoms. The highest BCUT2D eigenvalue weighted by Crippen LogP contribution is 2.11. The fraction of sp³-hybridized carbons (Fsp3) is 0.571. The van der Waals surface area contributed by atoms with Crippen LogP contribution in [0.4, 0.5) is 0 Å². The van der Waals surface area contributed by atoms with Crippen LogP contribution in [0.2, 0.25) is 0 Å². The van der Waals surface area contributed by atoms with Crippen LogP contribution in [0.15, 0.2) is 30.3 Å². The van der Waals surface area contributed by atoms with E-state index < -0.39 is 0 Å². The van der Waals surface area contributed by atoms with E-state index in [0.29, 0.717) is 12.5 Å². The third-order valence-corrected chi connectivity index (χ3v) is 2.77. The number of hydrogen-bond acceptors (Lipinski definition) is 2. The molecule has 1 rings (SSSR count). The van der Waals surface area contributed by atoms with E-state index in [-0.39, 0.29) is 6.10 Å². The van der Waals surface area contributed by atoms with Crippen LogP contribution < -0.4 is 5.73 Å². The summed E-state index contributed by atoms with van der Waals surface area (Å²) in [6.45, 7) is 5.70. The van der Waals surface area contributed by atoms with E-state index in [9.17, 15) is 0 Å². The van der Waals surface area contributed by atoms with Gasteiger partial charge in [0.05, 0.1) is 6.10 Å². The molecule has 2 heteroatoms. The highest BCUT2D eigenvalue weighted by molar-refractivity contribution is 5.14. The molecule has 2 atom stereocenters. The lowest BCUT2D eigenvalue weighted by Crippen LogP contribution is -2.21. The Balaban J connectivity index is 2.19. The van der Waals surface area contributed by atoms with Crippen LogP contribution in [0.5, 0.6) is 0 Å². The normalized spacial score (nSPS) is 14.7. The van der Waals surface area contributed by atoms with Crippen molar-refractivity contribution in [1.29, 1.82) is 0 Å². The van der Waals surface area contributed by atoms with Gasteiger partial charge in [-0.15, -0.1) is 0 Å². The Morgan fingerprint density at radius 3 is 2.50 bits per heavy atom. The SMILES string of the molecule is CC(CCOC(C)CN)Cc1ccccc1. The van der Waals surface area contributed by atoms with E-state index in [0.717, 1.165) is 19.4 Å². The first-order valence-corrected chi connectivity index (χ1v) is 6.08. The monoisotopic (exact) mass is 221 g/mol. The Hall–Kier alpha value is -0.860. The summed E-state index contributed by atoms with van der Waals surface area (Å²) in [5, 5.41) is 0. The van der Waals surface area contributed by atoms with Crippen molar-refractivity contribution in [2.45, 2.75) is 32.8 Å². The molecule has 2 nitrogen and oxygen atoms in total. The lowest BCUT2D eigenvalue weighted by atomic mass is 9.99. The fourth-order valence-electron chi connectivity index (χ4n) is 1.66. The molecule has 0 fully saturated rings. The van der Waals surface area contributed by atoms with E-state index in [1.807, 2.05) is 6.92 Å². The average molecular weight is 221 g/mol. The van der Waals surface area contributed by atoms with Gasteiger partial charge in [0.25, 0.3) is 0 Å². The molecule has 0 saturated carbocycles. The van der Waals surface area contributed by atoms with Gasteiger partial charge in [0.15, 0.2) is 0 Å². The molecule has 0 bridgehead atoms. The maximum Gasteiger partial charge on any atom is 0.0669 e. The van der Waals surface area contributed by atoms with Crippen LogP contribution in [-0.2, 0) is 11.2 Å². The van der Waals surface area contributed by atoms with Gasteiger partial charge in [-0.2, -0.15) is 0 Å². The summed E-state index contributed by atoms with van der Waals surface area (Å²) in [6, 6.07) is 10.6. The number of benzene rings is 1. The maximum absolute atomic E-state index is 5.57. The Morgan fingerprint density at radius 2 is 1.88 bits per heavy atom. The first kappa shape index (κ1) is 13.2. The first-order chi connectivity index (χ1) is 7.72. The fourth-order valence-corrected chi connectivity index (χ4v) is 1.66. The first-order valence-electron chi connectivity index (χ1n) is 6.08. The van der Waals surface area contributed by atoms with E-state index in [1.54, 1.807) is 0 Å². The quantitative estimate of drug-likeness (QED) is 0.768. The van der Waals surface area contributed by atoms with Gasteiger partial charge >= 0.3 is 0 Å². The van der Waals surface area contributed by atoms with Gasteiger partial charge in [-0.1, -0.05) is 37.3 Å². The van der Waals surface area contributed by atoms with E-state index >= 15 is 0 Å². The van der Waals surface area contributed by atoms with Crippen LogP contribution in [0.1, 0.15) is 25.8 Å². The van der Waals surface area contributed by atoms with Gasteiger partial charge in [0.1, 0.15) is 0 Å². The molecule has 0 radical (unpaired) electrons. The van der Waals surface area contributed by atoms with Crippen LogP contribution in [0.25, 0.3) is 0 Å². The Bertz CT molecular complexity index is 273. The topological polar surface area (TPSA) is 35.2 Å². The minimum atomic E-state index is 0.184. The highest BCUT2D eigenvalue weighted by atomic mass is 16.5. The summed E-state index contributed by atoms with van der Waals surface area (Å²) < 4.78 is 5.57. The predicted octanol–water partition coefficient (Wildman–Crippen LogP) is 2.62. The van der Waals surface area contributed by atoms with Crippen molar-refractivity contribution >= 4 is 0 Å². The number of ether oxygens (including phenoxy) is 1. The lowest BCUT2D eigenvalue weighted by Gasteiger charge is -2.14. The number of hydrogen-bond donors (Lipinski definition) is 1. The molecular formula is C14H23NO. The highest BCUT2D eigenvalue weighted by Gasteiger charge is 2.05. The summed E-state index contributed by atoms with van der Waals surface area (Å²) >= 11 is 0. The molecule has 90 valence electrons. The molecule has 0 amide bonds. The predicted molar refractivity (Wildman–Crippen MR) is 68.4 cm³/mol. The molecular weight excluding hydrogens is 198 g/mol. The van der Waals surface area contributed by atoms with Gasteiger partial charge in [-0.3, -0.25) is 0 Å². The van der Waals surface area contributed by atoms with E-state index in [1.165, 1.54) is 5.56 Å². The van der Waals surface area contributed by atoms with E-state index in [2.05, 4.69) is 37.3 Å². The second kappa shape index (κ2) is 7.42. The molecule has 0 aliphatic heterocycles. The van der Waals surface area contributed by atoms with Gasteiger partial charge in [0, 0.05) is 13.2 Å². The summed E-state index contributed by atoms with van der Waals surface area (Å²) in [6.07, 6.45) is 2.41. The van der Waals surface area contributed by atoms with Crippen molar-refractivity contribution < 1.29 is 4.74 Å². The van der Waals surface area contributed by atoms with E-state index in [4.69, 9.17) is 10.5 Å². The zero-order valence-electron chi connectivity index (χ0n) is 10.4. The van der Waals surface area contributed by atoms with Gasteiger partial charge < -0.3 is 10.5 Å². The van der Waals surface area contributed by atoms with Crippen molar-refractivity contribution in [3.8, 4) is 0 Å². The summed E-state index contributed by atoms with van der Waals surface area (Å²) in [5.74, 6) is 0.660. The third-order valence-electron chi connectivity index (χ3n) is 2.77. The second-order valence-corrected chi connectivity index (χ2v) is 4.50. The van der Waals surface area contributed by atoms with Gasteiger partial charge in [0.2, 0.25) is 0 Å². The van der Waals surface area contributed by atoms with Crippen molar-refractivity contribution in [3.63, 3.8) is 0 Å². The molecule has 1 aromatic carbocycles. The molecule has 0 saturated heterocycles. The van der Waals surface area contributed by atoms with Crippen molar-refractivity contribution in [3.05, 3.63) is 35.9 Å². The molecule has 2 N–H and O–H groups in total. The summed E-state index contributed by atoms with van der Waals surface area (Å²) in [4.78, 5) is 0. The molecule has 0 spiro atoms. The standard InChI is InChI=1S/C14H23NO/c1-12(8-9-16-13(2)11-15)10-14-6-4-3-5-7-14/h3-7,12-13H,8-11,15H2,1-2H3. The molecule has 0 heterocycles. The smallest absolute Gasteiger partial charge is 0.0669 e. The van der Waals surface area contributed by atoms with Crippen molar-refractivity contribution in [2.24, 2.45) is 11.7 Å². The maximum atomic E-state index is 5.57. The number of nitrogens with two attached hydrogens (primary N) is 1. The Labute approximate surface area is 98.8 Å². The second-order valence-electron chi connectivity index (χ2n) is 4.50. The Kier molecular flexibility index (Phi) is 6.12. The zero-order valence-corrected chi connectivity index (χ0v) is 10.4. The largest absolute Gasteiger partial charge is 0.377 e. The minimum Gasteiger partial charge on any atom is -0.377 e. The zero-order chi connectivity index (χ0) is 11.8. The molecule has 1 aromatic rings. The van der Waals surface area contributed by atoms with Crippen LogP contribution in [-0.4, -0.2) is 19.3 Å². The molecule has 0 aliphatic rings.